The van der Waals surface area contributed by atoms with Crippen molar-refractivity contribution in [1.29, 1.82) is 5.26 Å². The molecule has 4 rings (SSSR count). The molecule has 200 valence electrons. The van der Waals surface area contributed by atoms with Gasteiger partial charge in [0.05, 0.1) is 17.2 Å². The number of alkyl halides is 1. The Balaban J connectivity index is 1.51. The third-order valence-corrected chi connectivity index (χ3v) is 7.34. The van der Waals surface area contributed by atoms with E-state index in [1.54, 1.807) is 12.3 Å². The first-order valence-corrected chi connectivity index (χ1v) is 14.2. The first kappa shape index (κ1) is 28.5. The number of aromatic nitrogens is 1. The topological polar surface area (TPSA) is 64.4 Å². The molecule has 5 nitrogen and oxygen atoms in total. The van der Waals surface area contributed by atoms with Crippen LogP contribution >= 0.6 is 27.5 Å². The van der Waals surface area contributed by atoms with E-state index in [-0.39, 0.29) is 6.61 Å². The molecule has 0 saturated carbocycles. The number of nitriles is 1. The SMILES string of the molecule is Cc1cc(Cl)c(OCc2cccc(-c3cccc(OCCCBr)c3C)c2C)cc1OCc1cncc(C#N)c1. The molecule has 0 spiro atoms. The smallest absolute Gasteiger partial charge is 0.142 e. The highest BCUT2D eigenvalue weighted by Gasteiger charge is 2.14. The summed E-state index contributed by atoms with van der Waals surface area (Å²) in [6, 6.07) is 19.9. The standard InChI is InChI=1S/C32H30BrClN2O3/c1-21-13-29(34)32(15-31(21)38-19-25-14-24(16-35)17-36-18-25)39-20-26-7-4-8-27(22(26)2)28-9-5-10-30(23(28)3)37-12-6-11-33/h4-5,7-10,13-15,17-18H,6,11-12,19-20H2,1-3H3. The summed E-state index contributed by atoms with van der Waals surface area (Å²) in [4.78, 5) is 4.09. The van der Waals surface area contributed by atoms with Gasteiger partial charge in [-0.15, -0.1) is 0 Å². The minimum atomic E-state index is 0.282. The molecule has 0 saturated heterocycles. The maximum Gasteiger partial charge on any atom is 0.142 e. The summed E-state index contributed by atoms with van der Waals surface area (Å²) in [5.41, 5.74) is 7.81. The van der Waals surface area contributed by atoms with E-state index in [0.29, 0.717) is 35.3 Å². The molecule has 3 aromatic carbocycles. The van der Waals surface area contributed by atoms with Crippen molar-refractivity contribution < 1.29 is 14.2 Å². The third-order valence-electron chi connectivity index (χ3n) is 6.49. The van der Waals surface area contributed by atoms with Crippen LogP contribution in [0.3, 0.4) is 0 Å². The zero-order chi connectivity index (χ0) is 27.8. The van der Waals surface area contributed by atoms with Crippen molar-refractivity contribution in [1.82, 2.24) is 4.98 Å². The molecular weight excluding hydrogens is 576 g/mol. The van der Waals surface area contributed by atoms with Crippen molar-refractivity contribution in [3.63, 3.8) is 0 Å². The lowest BCUT2D eigenvalue weighted by Crippen LogP contribution is -2.03. The molecule has 0 aliphatic rings. The molecule has 0 bridgehead atoms. The fourth-order valence-corrected chi connectivity index (χ4v) is 4.78. The van der Waals surface area contributed by atoms with E-state index in [1.165, 1.54) is 6.20 Å². The molecule has 0 N–H and O–H groups in total. The van der Waals surface area contributed by atoms with Gasteiger partial charge < -0.3 is 14.2 Å². The van der Waals surface area contributed by atoms with Crippen LogP contribution in [-0.4, -0.2) is 16.9 Å². The zero-order valence-corrected chi connectivity index (χ0v) is 24.6. The van der Waals surface area contributed by atoms with E-state index < -0.39 is 0 Å². The Bertz CT molecular complexity index is 1500. The van der Waals surface area contributed by atoms with Crippen LogP contribution in [0.1, 0.15) is 39.8 Å². The molecule has 4 aromatic rings. The quantitative estimate of drug-likeness (QED) is 0.127. The van der Waals surface area contributed by atoms with E-state index in [4.69, 9.17) is 31.1 Å². The Morgan fingerprint density at radius 1 is 0.846 bits per heavy atom. The average molecular weight is 606 g/mol. The van der Waals surface area contributed by atoms with Gasteiger partial charge in [0.25, 0.3) is 0 Å². The summed E-state index contributed by atoms with van der Waals surface area (Å²) >= 11 is 9.99. The molecule has 1 aromatic heterocycles. The first-order valence-electron chi connectivity index (χ1n) is 12.7. The van der Waals surface area contributed by atoms with Gasteiger partial charge in [0, 0.05) is 29.4 Å². The Hall–Kier alpha value is -3.53. The number of ether oxygens (including phenoxy) is 3. The van der Waals surface area contributed by atoms with Crippen molar-refractivity contribution in [3.05, 3.63) is 105 Å². The lowest BCUT2D eigenvalue weighted by Gasteiger charge is -2.17. The molecule has 7 heteroatoms. The maximum absolute atomic E-state index is 9.11. The fourth-order valence-electron chi connectivity index (χ4n) is 4.28. The number of rotatable bonds is 11. The van der Waals surface area contributed by atoms with Gasteiger partial charge in [-0.3, -0.25) is 4.98 Å². The van der Waals surface area contributed by atoms with Gasteiger partial charge in [-0.25, -0.2) is 0 Å². The highest BCUT2D eigenvalue weighted by atomic mass is 79.9. The Morgan fingerprint density at radius 3 is 2.36 bits per heavy atom. The van der Waals surface area contributed by atoms with Gasteiger partial charge in [-0.05, 0) is 78.8 Å². The van der Waals surface area contributed by atoms with Crippen LogP contribution in [0.4, 0.5) is 0 Å². The van der Waals surface area contributed by atoms with Crippen LogP contribution in [0.2, 0.25) is 5.02 Å². The summed E-state index contributed by atoms with van der Waals surface area (Å²) in [5.74, 6) is 2.11. The predicted molar refractivity (Wildman–Crippen MR) is 159 cm³/mol. The van der Waals surface area contributed by atoms with Crippen LogP contribution in [-0.2, 0) is 13.2 Å². The summed E-state index contributed by atoms with van der Waals surface area (Å²) in [6.07, 6.45) is 4.17. The minimum absolute atomic E-state index is 0.282. The van der Waals surface area contributed by atoms with Crippen molar-refractivity contribution >= 4 is 27.5 Å². The molecule has 0 fully saturated rings. The van der Waals surface area contributed by atoms with Crippen LogP contribution in [0.25, 0.3) is 11.1 Å². The number of pyridine rings is 1. The highest BCUT2D eigenvalue weighted by Crippen LogP contribution is 2.36. The van der Waals surface area contributed by atoms with Crippen molar-refractivity contribution in [3.8, 4) is 34.4 Å². The number of hydrogen-bond acceptors (Lipinski definition) is 5. The Morgan fingerprint density at radius 2 is 1.59 bits per heavy atom. The second-order valence-corrected chi connectivity index (χ2v) is 10.4. The fraction of sp³-hybridized carbons (Fsp3) is 0.250. The van der Waals surface area contributed by atoms with Gasteiger partial charge in [0.1, 0.15) is 36.5 Å². The van der Waals surface area contributed by atoms with Crippen molar-refractivity contribution in [2.75, 3.05) is 11.9 Å². The minimum Gasteiger partial charge on any atom is -0.493 e. The summed E-state index contributed by atoms with van der Waals surface area (Å²) in [5, 5.41) is 10.5. The van der Waals surface area contributed by atoms with Crippen LogP contribution < -0.4 is 14.2 Å². The van der Waals surface area contributed by atoms with E-state index >= 15 is 0 Å². The van der Waals surface area contributed by atoms with Crippen LogP contribution in [0.15, 0.2) is 67.0 Å². The lowest BCUT2D eigenvalue weighted by molar-refractivity contribution is 0.288. The molecule has 0 aliphatic carbocycles. The van der Waals surface area contributed by atoms with Gasteiger partial charge in [0.15, 0.2) is 0 Å². The van der Waals surface area contributed by atoms with Gasteiger partial charge >= 0.3 is 0 Å². The normalized spacial score (nSPS) is 10.7. The second-order valence-electron chi connectivity index (χ2n) is 9.23. The summed E-state index contributed by atoms with van der Waals surface area (Å²) in [6.45, 7) is 7.46. The molecule has 0 radical (unpaired) electrons. The zero-order valence-electron chi connectivity index (χ0n) is 22.3. The number of aryl methyl sites for hydroxylation is 1. The lowest BCUT2D eigenvalue weighted by atomic mass is 9.93. The number of nitrogens with zero attached hydrogens (tertiary/aromatic N) is 2. The number of halogens is 2. The van der Waals surface area contributed by atoms with E-state index in [2.05, 4.69) is 59.0 Å². The van der Waals surface area contributed by atoms with E-state index in [9.17, 15) is 0 Å². The summed E-state index contributed by atoms with van der Waals surface area (Å²) in [7, 11) is 0. The molecule has 0 amide bonds. The van der Waals surface area contributed by atoms with Gasteiger partial charge in [-0.1, -0.05) is 57.9 Å². The highest BCUT2D eigenvalue weighted by molar-refractivity contribution is 9.09. The predicted octanol–water partition coefficient (Wildman–Crippen LogP) is 8.52. The van der Waals surface area contributed by atoms with Crippen LogP contribution in [0.5, 0.6) is 17.2 Å². The molecule has 1 heterocycles. The molecule has 39 heavy (non-hydrogen) atoms. The van der Waals surface area contributed by atoms with E-state index in [0.717, 1.165) is 56.4 Å². The molecule has 0 unspecified atom stereocenters. The first-order chi connectivity index (χ1) is 18.9. The van der Waals surface area contributed by atoms with Crippen molar-refractivity contribution in [2.45, 2.75) is 40.4 Å². The monoisotopic (exact) mass is 604 g/mol. The Kier molecular flexibility index (Phi) is 9.86. The Labute approximate surface area is 243 Å². The number of benzene rings is 3. The maximum atomic E-state index is 9.11. The van der Waals surface area contributed by atoms with Gasteiger partial charge in [-0.2, -0.15) is 5.26 Å². The van der Waals surface area contributed by atoms with Crippen molar-refractivity contribution in [2.24, 2.45) is 0 Å². The largest absolute Gasteiger partial charge is 0.493 e. The third kappa shape index (κ3) is 7.11. The molecular formula is C32H30BrClN2O3. The average Bonchev–Trinajstić information content (AvgIpc) is 2.94. The van der Waals surface area contributed by atoms with E-state index in [1.807, 2.05) is 37.3 Å². The number of hydrogen-bond donors (Lipinski definition) is 0. The second kappa shape index (κ2) is 13.5. The molecule has 0 aliphatic heterocycles. The van der Waals surface area contributed by atoms with Crippen LogP contribution in [0, 0.1) is 32.1 Å². The van der Waals surface area contributed by atoms with Gasteiger partial charge in [0.2, 0.25) is 0 Å². The summed E-state index contributed by atoms with van der Waals surface area (Å²) < 4.78 is 18.2. The molecule has 0 atom stereocenters.